The summed E-state index contributed by atoms with van der Waals surface area (Å²) in [6, 6.07) is 12.5. The highest BCUT2D eigenvalue weighted by atomic mass is 16.1. The fraction of sp³-hybridized carbons (Fsp3) is 0. The molecule has 1 aromatic carbocycles. The lowest BCUT2D eigenvalue weighted by molar-refractivity contribution is 0.948. The molecular formula is C13H8BN3O. The molecule has 0 atom stereocenters. The van der Waals surface area contributed by atoms with Gasteiger partial charge in [0.1, 0.15) is 13.5 Å². The van der Waals surface area contributed by atoms with E-state index in [1.807, 2.05) is 6.07 Å². The van der Waals surface area contributed by atoms with Gasteiger partial charge in [-0.3, -0.25) is 4.40 Å². The van der Waals surface area contributed by atoms with Crippen LogP contribution in [-0.4, -0.2) is 22.2 Å². The van der Waals surface area contributed by atoms with E-state index in [9.17, 15) is 4.79 Å². The van der Waals surface area contributed by atoms with Crippen molar-refractivity contribution < 1.29 is 0 Å². The van der Waals surface area contributed by atoms with Crippen LogP contribution in [0.25, 0.3) is 17.0 Å². The number of pyridine rings is 1. The zero-order valence-electron chi connectivity index (χ0n) is 9.45. The molecule has 0 N–H and O–H groups in total. The summed E-state index contributed by atoms with van der Waals surface area (Å²) in [5.41, 5.74) is 1.67. The minimum atomic E-state index is -0.340. The zero-order valence-corrected chi connectivity index (χ0v) is 9.45. The Morgan fingerprint density at radius 1 is 1.00 bits per heavy atom. The number of benzene rings is 1. The van der Waals surface area contributed by atoms with E-state index in [4.69, 9.17) is 7.85 Å². The molecule has 2 radical (unpaired) electrons. The summed E-state index contributed by atoms with van der Waals surface area (Å²) in [6.07, 6.45) is 1.64. The van der Waals surface area contributed by atoms with Gasteiger partial charge in [0.15, 0.2) is 5.82 Å². The molecule has 0 spiro atoms. The van der Waals surface area contributed by atoms with Crippen molar-refractivity contribution in [3.05, 3.63) is 59.1 Å². The van der Waals surface area contributed by atoms with Crippen molar-refractivity contribution in [2.45, 2.75) is 0 Å². The van der Waals surface area contributed by atoms with E-state index >= 15 is 0 Å². The van der Waals surface area contributed by atoms with Crippen LogP contribution >= 0.6 is 0 Å². The van der Waals surface area contributed by atoms with Crippen LogP contribution in [0, 0.1) is 0 Å². The van der Waals surface area contributed by atoms with E-state index in [0.717, 1.165) is 5.56 Å². The summed E-state index contributed by atoms with van der Waals surface area (Å²) in [4.78, 5) is 20.1. The summed E-state index contributed by atoms with van der Waals surface area (Å²) < 4.78 is 1.40. The molecule has 0 bridgehead atoms. The molecule has 0 unspecified atom stereocenters. The Labute approximate surface area is 104 Å². The molecule has 84 valence electrons. The Morgan fingerprint density at radius 2 is 1.78 bits per heavy atom. The van der Waals surface area contributed by atoms with Crippen LogP contribution < -0.4 is 11.2 Å². The van der Waals surface area contributed by atoms with Gasteiger partial charge in [-0.05, 0) is 12.1 Å². The highest BCUT2D eigenvalue weighted by molar-refractivity contribution is 6.32. The molecule has 0 saturated carbocycles. The van der Waals surface area contributed by atoms with Gasteiger partial charge in [-0.1, -0.05) is 35.8 Å². The van der Waals surface area contributed by atoms with Crippen molar-refractivity contribution in [1.82, 2.24) is 14.4 Å². The van der Waals surface area contributed by atoms with Gasteiger partial charge >= 0.3 is 5.69 Å². The number of hydrogen-bond donors (Lipinski definition) is 0. The van der Waals surface area contributed by atoms with Crippen molar-refractivity contribution in [2.75, 3.05) is 0 Å². The highest BCUT2D eigenvalue weighted by Gasteiger charge is 2.05. The Morgan fingerprint density at radius 3 is 2.56 bits per heavy atom. The van der Waals surface area contributed by atoms with E-state index in [0.29, 0.717) is 16.9 Å². The molecule has 0 aliphatic rings. The Bertz CT molecular complexity index is 765. The quantitative estimate of drug-likeness (QED) is 0.576. The molecule has 0 amide bonds. The van der Waals surface area contributed by atoms with E-state index in [2.05, 4.69) is 9.97 Å². The Balaban J connectivity index is 2.24. The topological polar surface area (TPSA) is 47.3 Å². The van der Waals surface area contributed by atoms with Gasteiger partial charge in [0, 0.05) is 11.8 Å². The lowest BCUT2D eigenvalue weighted by atomic mass is 9.95. The van der Waals surface area contributed by atoms with Crippen molar-refractivity contribution >= 4 is 19.0 Å². The molecule has 0 fully saturated rings. The highest BCUT2D eigenvalue weighted by Crippen LogP contribution is 2.11. The molecule has 2 aromatic heterocycles. The van der Waals surface area contributed by atoms with E-state index in [-0.39, 0.29) is 5.69 Å². The number of nitrogens with zero attached hydrogens (tertiary/aromatic N) is 3. The van der Waals surface area contributed by atoms with Gasteiger partial charge in [0.05, 0.1) is 0 Å². The van der Waals surface area contributed by atoms with Crippen LogP contribution in [0.5, 0.6) is 0 Å². The molecule has 3 aromatic rings. The molecule has 18 heavy (non-hydrogen) atoms. The fourth-order valence-electron chi connectivity index (χ4n) is 1.73. The predicted octanol–water partition coefficient (Wildman–Crippen LogP) is 0.550. The molecule has 3 rings (SSSR count). The average Bonchev–Trinajstić information content (AvgIpc) is 2.39. The molecule has 2 heterocycles. The first kappa shape index (κ1) is 10.7. The Hall–Kier alpha value is -2.43. The van der Waals surface area contributed by atoms with Gasteiger partial charge in [-0.2, -0.15) is 4.98 Å². The second-order valence-corrected chi connectivity index (χ2v) is 3.88. The van der Waals surface area contributed by atoms with Crippen LogP contribution in [0.1, 0.15) is 0 Å². The van der Waals surface area contributed by atoms with E-state index in [1.165, 1.54) is 4.40 Å². The standard InChI is InChI=1S/C13H8BN3O/c14-10-6-4-9(5-7-10)12-15-11-3-1-2-8-17(11)13(18)16-12/h1-8H. The predicted molar refractivity (Wildman–Crippen MR) is 70.1 cm³/mol. The maximum Gasteiger partial charge on any atom is 0.355 e. The zero-order chi connectivity index (χ0) is 12.5. The summed E-state index contributed by atoms with van der Waals surface area (Å²) in [7, 11) is 5.62. The van der Waals surface area contributed by atoms with Gasteiger partial charge in [-0.15, -0.1) is 0 Å². The maximum atomic E-state index is 11.8. The normalized spacial score (nSPS) is 10.7. The molecule has 0 aliphatic carbocycles. The third-order valence-corrected chi connectivity index (χ3v) is 2.64. The fourth-order valence-corrected chi connectivity index (χ4v) is 1.73. The number of aromatic nitrogens is 3. The monoisotopic (exact) mass is 233 g/mol. The summed E-state index contributed by atoms with van der Waals surface area (Å²) in [5.74, 6) is 0.409. The van der Waals surface area contributed by atoms with Crippen LogP contribution in [0.4, 0.5) is 0 Å². The number of rotatable bonds is 1. The van der Waals surface area contributed by atoms with Crippen LogP contribution in [0.3, 0.4) is 0 Å². The van der Waals surface area contributed by atoms with Crippen molar-refractivity contribution in [3.63, 3.8) is 0 Å². The second kappa shape index (κ2) is 4.11. The van der Waals surface area contributed by atoms with Crippen molar-refractivity contribution in [2.24, 2.45) is 0 Å². The van der Waals surface area contributed by atoms with Gasteiger partial charge in [0.25, 0.3) is 0 Å². The van der Waals surface area contributed by atoms with Crippen LogP contribution in [0.2, 0.25) is 0 Å². The third kappa shape index (κ3) is 1.80. The van der Waals surface area contributed by atoms with E-state index < -0.39 is 0 Å². The van der Waals surface area contributed by atoms with E-state index in [1.54, 1.807) is 42.6 Å². The first-order valence-corrected chi connectivity index (χ1v) is 5.45. The smallest absolute Gasteiger partial charge is 0.251 e. The first-order valence-electron chi connectivity index (χ1n) is 5.45. The molecular weight excluding hydrogens is 225 g/mol. The summed E-state index contributed by atoms with van der Waals surface area (Å²) in [6.45, 7) is 0. The lowest BCUT2D eigenvalue weighted by Crippen LogP contribution is -2.19. The third-order valence-electron chi connectivity index (χ3n) is 2.64. The number of hydrogen-bond acceptors (Lipinski definition) is 3. The number of fused-ring (bicyclic) bond motifs is 1. The molecule has 5 heteroatoms. The minimum absolute atomic E-state index is 0.340. The van der Waals surface area contributed by atoms with Gasteiger partial charge in [-0.25, -0.2) is 9.78 Å². The molecule has 0 saturated heterocycles. The van der Waals surface area contributed by atoms with Crippen LogP contribution in [0.15, 0.2) is 53.5 Å². The lowest BCUT2D eigenvalue weighted by Gasteiger charge is -2.03. The van der Waals surface area contributed by atoms with Crippen molar-refractivity contribution in [1.29, 1.82) is 0 Å². The average molecular weight is 233 g/mol. The maximum absolute atomic E-state index is 11.8. The van der Waals surface area contributed by atoms with Crippen LogP contribution in [-0.2, 0) is 0 Å². The summed E-state index contributed by atoms with van der Waals surface area (Å²) in [5, 5.41) is 0. The second-order valence-electron chi connectivity index (χ2n) is 3.88. The molecule has 0 aliphatic heterocycles. The summed E-state index contributed by atoms with van der Waals surface area (Å²) >= 11 is 0. The Kier molecular flexibility index (Phi) is 2.44. The largest absolute Gasteiger partial charge is 0.355 e. The van der Waals surface area contributed by atoms with Crippen molar-refractivity contribution in [3.8, 4) is 11.4 Å². The first-order chi connectivity index (χ1) is 8.74. The van der Waals surface area contributed by atoms with Gasteiger partial charge in [0.2, 0.25) is 0 Å². The van der Waals surface area contributed by atoms with Gasteiger partial charge < -0.3 is 0 Å². The molecule has 4 nitrogen and oxygen atoms in total. The SMILES string of the molecule is [B]c1ccc(-c2nc(=O)n3ccccc3n2)cc1. The minimum Gasteiger partial charge on any atom is -0.251 e.